The van der Waals surface area contributed by atoms with Crippen molar-refractivity contribution in [1.82, 2.24) is 10.6 Å². The highest BCUT2D eigenvalue weighted by atomic mass is 16.5. The summed E-state index contributed by atoms with van der Waals surface area (Å²) < 4.78 is 4.95. The molecule has 1 rings (SSSR count). The van der Waals surface area contributed by atoms with Crippen LogP contribution < -0.4 is 15.4 Å². The third-order valence-electron chi connectivity index (χ3n) is 3.57. The van der Waals surface area contributed by atoms with E-state index in [1.165, 1.54) is 13.0 Å². The highest BCUT2D eigenvalue weighted by Crippen LogP contribution is 2.13. The quantitative estimate of drug-likeness (QED) is 0.328. The van der Waals surface area contributed by atoms with Gasteiger partial charge in [-0.2, -0.15) is 0 Å². The molecule has 6 nitrogen and oxygen atoms in total. The number of nitrogens with one attached hydrogen (secondary N) is 2. The Bertz CT molecular complexity index is 651. The molecule has 0 aliphatic carbocycles. The van der Waals surface area contributed by atoms with Gasteiger partial charge in [0, 0.05) is 31.7 Å². The molecule has 0 unspecified atom stereocenters. The van der Waals surface area contributed by atoms with E-state index in [-0.39, 0.29) is 11.8 Å². The second kappa shape index (κ2) is 10.3. The van der Waals surface area contributed by atoms with Crippen molar-refractivity contribution in [2.24, 2.45) is 5.92 Å². The van der Waals surface area contributed by atoms with Crippen LogP contribution in [0.25, 0.3) is 0 Å². The van der Waals surface area contributed by atoms with Crippen LogP contribution in [0.3, 0.4) is 0 Å². The fraction of sp³-hybridized carbons (Fsp3) is 0.421. The van der Waals surface area contributed by atoms with Gasteiger partial charge in [0.2, 0.25) is 5.91 Å². The zero-order chi connectivity index (χ0) is 18.8. The summed E-state index contributed by atoms with van der Waals surface area (Å²) in [7, 11) is 0. The van der Waals surface area contributed by atoms with E-state index in [2.05, 4.69) is 10.6 Å². The van der Waals surface area contributed by atoms with Gasteiger partial charge in [-0.3, -0.25) is 14.4 Å². The molecular weight excluding hydrogens is 320 g/mol. The van der Waals surface area contributed by atoms with Crippen LogP contribution in [0.1, 0.15) is 44.5 Å². The lowest BCUT2D eigenvalue weighted by molar-refractivity contribution is -0.131. The Morgan fingerprint density at radius 2 is 1.80 bits per heavy atom. The summed E-state index contributed by atoms with van der Waals surface area (Å²) >= 11 is 0. The van der Waals surface area contributed by atoms with Crippen molar-refractivity contribution in [3.63, 3.8) is 0 Å². The Kier molecular flexibility index (Phi) is 8.39. The predicted molar refractivity (Wildman–Crippen MR) is 96.3 cm³/mol. The van der Waals surface area contributed by atoms with Crippen LogP contribution in [-0.2, 0) is 9.59 Å². The van der Waals surface area contributed by atoms with Gasteiger partial charge in [-0.05, 0) is 37.5 Å². The van der Waals surface area contributed by atoms with Gasteiger partial charge in [0.25, 0.3) is 5.91 Å². The van der Waals surface area contributed by atoms with Crippen LogP contribution in [0.5, 0.6) is 5.75 Å². The maximum atomic E-state index is 12.1. The van der Waals surface area contributed by atoms with E-state index >= 15 is 0 Å². The Balaban J connectivity index is 2.35. The number of hydrogen-bond acceptors (Lipinski definition) is 4. The first kappa shape index (κ1) is 20.4. The van der Waals surface area contributed by atoms with Gasteiger partial charge in [0.1, 0.15) is 5.75 Å². The highest BCUT2D eigenvalue weighted by molar-refractivity contribution is 5.94. The van der Waals surface area contributed by atoms with Crippen molar-refractivity contribution in [1.29, 1.82) is 0 Å². The zero-order valence-electron chi connectivity index (χ0n) is 15.2. The second-order valence-electron chi connectivity index (χ2n) is 6.07. The Labute approximate surface area is 148 Å². The minimum Gasteiger partial charge on any atom is -0.427 e. The lowest BCUT2D eigenvalue weighted by Gasteiger charge is -2.08. The monoisotopic (exact) mass is 346 g/mol. The average Bonchev–Trinajstić information content (AvgIpc) is 2.53. The number of hydrogen-bond donors (Lipinski definition) is 2. The van der Waals surface area contributed by atoms with Gasteiger partial charge in [0.15, 0.2) is 0 Å². The molecule has 25 heavy (non-hydrogen) atoms. The molecule has 0 saturated carbocycles. The lowest BCUT2D eigenvalue weighted by Crippen LogP contribution is -2.29. The lowest BCUT2D eigenvalue weighted by atomic mass is 10.1. The maximum Gasteiger partial charge on any atom is 0.308 e. The number of carbonyl (C=O) groups is 3. The molecular formula is C19H26N2O4. The minimum atomic E-state index is -0.435. The molecule has 136 valence electrons. The van der Waals surface area contributed by atoms with E-state index < -0.39 is 5.97 Å². The largest absolute Gasteiger partial charge is 0.427 e. The molecule has 0 aliphatic rings. The van der Waals surface area contributed by atoms with Crippen molar-refractivity contribution in [3.05, 3.63) is 41.5 Å². The van der Waals surface area contributed by atoms with Gasteiger partial charge in [0.05, 0.1) is 0 Å². The summed E-state index contributed by atoms with van der Waals surface area (Å²) in [6.07, 6.45) is 2.22. The van der Waals surface area contributed by atoms with Gasteiger partial charge in [-0.1, -0.05) is 25.5 Å². The topological polar surface area (TPSA) is 84.5 Å². The van der Waals surface area contributed by atoms with E-state index in [9.17, 15) is 14.4 Å². The van der Waals surface area contributed by atoms with Crippen LogP contribution in [0.4, 0.5) is 0 Å². The van der Waals surface area contributed by atoms with Crippen LogP contribution in [0, 0.1) is 5.92 Å². The van der Waals surface area contributed by atoms with Crippen molar-refractivity contribution < 1.29 is 19.1 Å². The minimum absolute atomic E-state index is 0.119. The summed E-state index contributed by atoms with van der Waals surface area (Å²) in [5.74, 6) is -0.134. The number of esters is 1. The van der Waals surface area contributed by atoms with Gasteiger partial charge in [-0.25, -0.2) is 0 Å². The summed E-state index contributed by atoms with van der Waals surface area (Å²) in [4.78, 5) is 34.7. The van der Waals surface area contributed by atoms with E-state index in [4.69, 9.17) is 4.74 Å². The first-order valence-corrected chi connectivity index (χ1v) is 8.32. The standard InChI is InChI=1S/C19H26N2O4/c1-13(2)14(3)11-18(23)20-9-6-10-21-19(24)16-7-5-8-17(12-16)25-15(4)22/h5,7-8,11-13H,6,9-10H2,1-4H3,(H,20,23)(H,21,24)/b14-11+. The molecule has 0 radical (unpaired) electrons. The maximum absolute atomic E-state index is 12.1. The van der Waals surface area contributed by atoms with Gasteiger partial charge in [-0.15, -0.1) is 0 Å². The molecule has 2 N–H and O–H groups in total. The second-order valence-corrected chi connectivity index (χ2v) is 6.07. The van der Waals surface area contributed by atoms with Crippen LogP contribution >= 0.6 is 0 Å². The molecule has 6 heteroatoms. The van der Waals surface area contributed by atoms with Crippen molar-refractivity contribution in [2.45, 2.75) is 34.1 Å². The number of allylic oxidation sites excluding steroid dienone is 1. The molecule has 0 bridgehead atoms. The van der Waals surface area contributed by atoms with E-state index in [0.29, 0.717) is 36.7 Å². The first-order valence-electron chi connectivity index (χ1n) is 8.32. The highest BCUT2D eigenvalue weighted by Gasteiger charge is 2.07. The first-order chi connectivity index (χ1) is 11.8. The SMILES string of the molecule is CC(=O)Oc1cccc(C(=O)NCCCNC(=O)/C=C(\C)C(C)C)c1. The molecule has 0 heterocycles. The third-order valence-corrected chi connectivity index (χ3v) is 3.57. The molecule has 0 aliphatic heterocycles. The number of ether oxygens (including phenoxy) is 1. The number of rotatable bonds is 8. The van der Waals surface area contributed by atoms with Crippen LogP contribution in [0.2, 0.25) is 0 Å². The smallest absolute Gasteiger partial charge is 0.308 e. The molecule has 0 aromatic heterocycles. The number of benzene rings is 1. The van der Waals surface area contributed by atoms with Crippen LogP contribution in [-0.4, -0.2) is 30.9 Å². The molecule has 0 spiro atoms. The van der Waals surface area contributed by atoms with Crippen molar-refractivity contribution in [3.8, 4) is 5.75 Å². The summed E-state index contributed by atoms with van der Waals surface area (Å²) in [5, 5.41) is 5.55. The summed E-state index contributed by atoms with van der Waals surface area (Å²) in [6, 6.07) is 6.42. The molecule has 1 aromatic rings. The Morgan fingerprint density at radius 1 is 1.12 bits per heavy atom. The van der Waals surface area contributed by atoms with E-state index in [0.717, 1.165) is 5.57 Å². The molecule has 0 fully saturated rings. The fourth-order valence-corrected chi connectivity index (χ4v) is 1.90. The van der Waals surface area contributed by atoms with Gasteiger partial charge < -0.3 is 15.4 Å². The molecule has 0 atom stereocenters. The zero-order valence-corrected chi connectivity index (χ0v) is 15.2. The van der Waals surface area contributed by atoms with Gasteiger partial charge >= 0.3 is 5.97 Å². The third kappa shape index (κ3) is 8.15. The summed E-state index contributed by atoms with van der Waals surface area (Å²) in [6.45, 7) is 8.21. The Morgan fingerprint density at radius 3 is 2.44 bits per heavy atom. The van der Waals surface area contributed by atoms with Crippen molar-refractivity contribution in [2.75, 3.05) is 13.1 Å². The average molecular weight is 346 g/mol. The number of carbonyl (C=O) groups excluding carboxylic acids is 3. The van der Waals surface area contributed by atoms with Crippen molar-refractivity contribution >= 4 is 17.8 Å². The summed E-state index contributed by atoms with van der Waals surface area (Å²) in [5.41, 5.74) is 1.44. The van der Waals surface area contributed by atoms with Crippen LogP contribution in [0.15, 0.2) is 35.9 Å². The Hall–Kier alpha value is -2.63. The number of amides is 2. The normalized spacial score (nSPS) is 11.2. The van der Waals surface area contributed by atoms with E-state index in [1.54, 1.807) is 24.3 Å². The molecule has 2 amide bonds. The van der Waals surface area contributed by atoms with E-state index in [1.807, 2.05) is 20.8 Å². The fourth-order valence-electron chi connectivity index (χ4n) is 1.90. The predicted octanol–water partition coefficient (Wildman–Crippen LogP) is 2.45. The molecule has 0 saturated heterocycles. The molecule has 1 aromatic carbocycles.